The van der Waals surface area contributed by atoms with Gasteiger partial charge in [0.15, 0.2) is 5.58 Å². The summed E-state index contributed by atoms with van der Waals surface area (Å²) >= 11 is 0. The van der Waals surface area contributed by atoms with E-state index < -0.39 is 15.8 Å². The first-order valence-electron chi connectivity index (χ1n) is 6.75. The van der Waals surface area contributed by atoms with Crippen molar-refractivity contribution >= 4 is 21.1 Å². The number of nitrogens with zero attached hydrogens (tertiary/aromatic N) is 3. The van der Waals surface area contributed by atoms with Gasteiger partial charge < -0.3 is 8.83 Å². The Labute approximate surface area is 131 Å². The zero-order valence-electron chi connectivity index (χ0n) is 12.4. The third-order valence-electron chi connectivity index (χ3n) is 3.27. The van der Waals surface area contributed by atoms with Gasteiger partial charge in [-0.3, -0.25) is 4.57 Å². The summed E-state index contributed by atoms with van der Waals surface area (Å²) in [5.74, 6) is 0.233. The summed E-state index contributed by atoms with van der Waals surface area (Å²) < 4.78 is 38.4. The summed E-state index contributed by atoms with van der Waals surface area (Å²) in [4.78, 5) is 11.5. The van der Waals surface area contributed by atoms with Gasteiger partial charge in [-0.1, -0.05) is 0 Å². The van der Waals surface area contributed by atoms with Crippen LogP contribution in [0.4, 0.5) is 0 Å². The highest BCUT2D eigenvalue weighted by Crippen LogP contribution is 2.17. The van der Waals surface area contributed by atoms with Crippen LogP contribution in [0.3, 0.4) is 0 Å². The Kier molecular flexibility index (Phi) is 3.78. The van der Waals surface area contributed by atoms with E-state index in [1.54, 1.807) is 14.0 Å². The molecule has 0 aliphatic rings. The topological polar surface area (TPSA) is 120 Å². The van der Waals surface area contributed by atoms with Crippen molar-refractivity contribution in [3.05, 3.63) is 40.5 Å². The van der Waals surface area contributed by atoms with Gasteiger partial charge in [-0.15, -0.1) is 10.2 Å². The summed E-state index contributed by atoms with van der Waals surface area (Å²) in [7, 11) is -2.18. The molecule has 0 saturated heterocycles. The average Bonchev–Trinajstić information content (AvgIpc) is 3.03. The van der Waals surface area contributed by atoms with Gasteiger partial charge in [0.2, 0.25) is 21.8 Å². The molecule has 2 heterocycles. The normalized spacial score (nSPS) is 12.1. The van der Waals surface area contributed by atoms with Crippen molar-refractivity contribution in [2.24, 2.45) is 7.05 Å². The molecule has 0 atom stereocenters. The predicted molar refractivity (Wildman–Crippen MR) is 79.4 cm³/mol. The van der Waals surface area contributed by atoms with E-state index in [2.05, 4.69) is 14.9 Å². The van der Waals surface area contributed by atoms with Crippen LogP contribution in [0, 0.1) is 6.92 Å². The van der Waals surface area contributed by atoms with Crippen molar-refractivity contribution in [3.63, 3.8) is 0 Å². The van der Waals surface area contributed by atoms with Crippen LogP contribution in [0.2, 0.25) is 0 Å². The number of aromatic nitrogens is 3. The maximum absolute atomic E-state index is 12.3. The molecular weight excluding hydrogens is 324 g/mol. The van der Waals surface area contributed by atoms with E-state index in [0.29, 0.717) is 17.3 Å². The first-order chi connectivity index (χ1) is 10.9. The van der Waals surface area contributed by atoms with Crippen molar-refractivity contribution in [3.8, 4) is 0 Å². The van der Waals surface area contributed by atoms with Crippen LogP contribution in [0.5, 0.6) is 0 Å². The Morgan fingerprint density at radius 1 is 1.26 bits per heavy atom. The number of aryl methyl sites for hydroxylation is 2. The molecule has 10 heteroatoms. The van der Waals surface area contributed by atoms with Crippen molar-refractivity contribution in [2.45, 2.75) is 18.2 Å². The molecule has 0 aliphatic heterocycles. The van der Waals surface area contributed by atoms with Crippen LogP contribution in [-0.2, 0) is 23.5 Å². The second-order valence-electron chi connectivity index (χ2n) is 4.92. The Hall–Kier alpha value is -2.46. The van der Waals surface area contributed by atoms with Crippen molar-refractivity contribution in [2.75, 3.05) is 6.54 Å². The fourth-order valence-corrected chi connectivity index (χ4v) is 3.14. The molecule has 2 aromatic heterocycles. The fraction of sp³-hybridized carbons (Fsp3) is 0.308. The Morgan fingerprint density at radius 2 is 2.04 bits per heavy atom. The number of oxazole rings is 1. The number of nitrogens with one attached hydrogen (secondary N) is 1. The summed E-state index contributed by atoms with van der Waals surface area (Å²) in [6.07, 6.45) is 0.280. The lowest BCUT2D eigenvalue weighted by atomic mass is 10.3. The highest BCUT2D eigenvalue weighted by molar-refractivity contribution is 7.89. The van der Waals surface area contributed by atoms with Gasteiger partial charge in [0, 0.05) is 33.0 Å². The molecule has 0 spiro atoms. The van der Waals surface area contributed by atoms with E-state index in [1.807, 2.05) is 0 Å². The average molecular weight is 338 g/mol. The Balaban J connectivity index is 1.77. The van der Waals surface area contributed by atoms with Gasteiger partial charge in [0.05, 0.1) is 10.4 Å². The van der Waals surface area contributed by atoms with Gasteiger partial charge in [-0.2, -0.15) is 0 Å². The van der Waals surface area contributed by atoms with Crippen molar-refractivity contribution in [1.29, 1.82) is 0 Å². The lowest BCUT2D eigenvalue weighted by Gasteiger charge is -2.05. The summed E-state index contributed by atoms with van der Waals surface area (Å²) in [5.41, 5.74) is 0.739. The van der Waals surface area contributed by atoms with Gasteiger partial charge >= 0.3 is 5.76 Å². The van der Waals surface area contributed by atoms with Crippen LogP contribution in [0.25, 0.3) is 11.1 Å². The molecule has 0 amide bonds. The molecule has 0 saturated carbocycles. The number of sulfonamides is 1. The predicted octanol–water partition coefficient (Wildman–Crippen LogP) is 0.344. The van der Waals surface area contributed by atoms with E-state index in [0.717, 1.165) is 0 Å². The van der Waals surface area contributed by atoms with Crippen LogP contribution in [0.15, 0.2) is 36.7 Å². The molecule has 0 bridgehead atoms. The van der Waals surface area contributed by atoms with Gasteiger partial charge in [-0.05, 0) is 12.1 Å². The first kappa shape index (κ1) is 15.4. The zero-order chi connectivity index (χ0) is 16.6. The highest BCUT2D eigenvalue weighted by Gasteiger charge is 2.17. The quantitative estimate of drug-likeness (QED) is 0.712. The fourth-order valence-electron chi connectivity index (χ4n) is 2.10. The van der Waals surface area contributed by atoms with Crippen LogP contribution in [0.1, 0.15) is 11.8 Å². The van der Waals surface area contributed by atoms with Gasteiger partial charge in [0.1, 0.15) is 0 Å². The molecule has 1 N–H and O–H groups in total. The van der Waals surface area contributed by atoms with Gasteiger partial charge in [-0.25, -0.2) is 17.9 Å². The molecule has 0 fully saturated rings. The molecule has 0 aliphatic carbocycles. The van der Waals surface area contributed by atoms with Crippen LogP contribution in [-0.4, -0.2) is 29.7 Å². The SMILES string of the molecule is Cc1nnc(CCNS(=O)(=O)c2ccc3c(c2)oc(=O)n3C)o1. The second-order valence-corrected chi connectivity index (χ2v) is 6.69. The maximum atomic E-state index is 12.3. The van der Waals surface area contributed by atoms with E-state index in [1.165, 1.54) is 22.8 Å². The molecule has 9 nitrogen and oxygen atoms in total. The minimum Gasteiger partial charge on any atom is -0.426 e. The lowest BCUT2D eigenvalue weighted by Crippen LogP contribution is -2.26. The zero-order valence-corrected chi connectivity index (χ0v) is 13.3. The molecule has 122 valence electrons. The number of rotatable bonds is 5. The first-order valence-corrected chi connectivity index (χ1v) is 8.23. The van der Waals surface area contributed by atoms with Gasteiger partial charge in [0.25, 0.3) is 0 Å². The molecule has 3 aromatic rings. The third-order valence-corrected chi connectivity index (χ3v) is 4.73. The minimum absolute atomic E-state index is 0.0149. The van der Waals surface area contributed by atoms with E-state index in [9.17, 15) is 13.2 Å². The Morgan fingerprint density at radius 3 is 2.74 bits per heavy atom. The summed E-state index contributed by atoms with van der Waals surface area (Å²) in [5, 5.41) is 7.45. The Bertz CT molecular complexity index is 1010. The number of benzene rings is 1. The number of hydrogen-bond acceptors (Lipinski definition) is 7. The molecule has 0 radical (unpaired) electrons. The minimum atomic E-state index is -3.73. The summed E-state index contributed by atoms with van der Waals surface area (Å²) in [6, 6.07) is 4.25. The van der Waals surface area contributed by atoms with Crippen molar-refractivity contribution in [1.82, 2.24) is 19.5 Å². The standard InChI is InChI=1S/C13H14N4O5S/c1-8-15-16-12(21-8)5-6-14-23(19,20)9-3-4-10-11(7-9)22-13(18)17(10)2/h3-4,7,14H,5-6H2,1-2H3. The summed E-state index contributed by atoms with van der Waals surface area (Å²) in [6.45, 7) is 1.77. The molecule has 3 rings (SSSR count). The largest absolute Gasteiger partial charge is 0.426 e. The van der Waals surface area contributed by atoms with Crippen LogP contribution >= 0.6 is 0 Å². The lowest BCUT2D eigenvalue weighted by molar-refractivity contribution is 0.466. The maximum Gasteiger partial charge on any atom is 0.419 e. The monoisotopic (exact) mass is 338 g/mol. The number of fused-ring (bicyclic) bond motifs is 1. The van der Waals surface area contributed by atoms with Crippen molar-refractivity contribution < 1.29 is 17.3 Å². The molecule has 23 heavy (non-hydrogen) atoms. The van der Waals surface area contributed by atoms with E-state index in [-0.39, 0.29) is 23.4 Å². The van der Waals surface area contributed by atoms with Crippen LogP contribution < -0.4 is 10.5 Å². The second kappa shape index (κ2) is 5.63. The highest BCUT2D eigenvalue weighted by atomic mass is 32.2. The molecule has 1 aromatic carbocycles. The number of hydrogen-bond donors (Lipinski definition) is 1. The van der Waals surface area contributed by atoms with E-state index >= 15 is 0 Å². The third kappa shape index (κ3) is 3.03. The van der Waals surface area contributed by atoms with E-state index in [4.69, 9.17) is 8.83 Å². The molecular formula is C13H14N4O5S. The molecule has 0 unspecified atom stereocenters. The smallest absolute Gasteiger partial charge is 0.419 e.